The van der Waals surface area contributed by atoms with Gasteiger partial charge in [0.2, 0.25) is 5.91 Å². The minimum Gasteiger partial charge on any atom is -0.347 e. The number of rotatable bonds is 5. The van der Waals surface area contributed by atoms with E-state index in [1.54, 1.807) is 25.1 Å². The average molecular weight is 252 g/mol. The summed E-state index contributed by atoms with van der Waals surface area (Å²) < 4.78 is 13.2. The van der Waals surface area contributed by atoms with E-state index >= 15 is 0 Å². The molecule has 0 aliphatic carbocycles. The summed E-state index contributed by atoms with van der Waals surface area (Å²) in [5.74, 6) is -0.232. The van der Waals surface area contributed by atoms with Gasteiger partial charge in [0, 0.05) is 20.1 Å². The fourth-order valence-corrected chi connectivity index (χ4v) is 1.93. The van der Waals surface area contributed by atoms with Gasteiger partial charge in [0.1, 0.15) is 5.82 Å². The van der Waals surface area contributed by atoms with Crippen LogP contribution in [0.4, 0.5) is 4.39 Å². The minimum atomic E-state index is -0.284. The maximum atomic E-state index is 13.2. The smallest absolute Gasteiger partial charge is 0.238 e. The molecule has 0 heterocycles. The first-order valence-corrected chi connectivity index (χ1v) is 6.18. The molecule has 1 aromatic carbocycles. The molecule has 1 amide bonds. The zero-order valence-corrected chi connectivity index (χ0v) is 11.4. The summed E-state index contributed by atoms with van der Waals surface area (Å²) in [4.78, 5) is 13.3. The minimum absolute atomic E-state index is 0.0143. The van der Waals surface area contributed by atoms with Crippen molar-refractivity contribution in [2.24, 2.45) is 0 Å². The topological polar surface area (TPSA) is 32.3 Å². The van der Waals surface area contributed by atoms with Gasteiger partial charge in [-0.15, -0.1) is 0 Å². The van der Waals surface area contributed by atoms with Gasteiger partial charge < -0.3 is 4.90 Å². The predicted octanol–water partition coefficient (Wildman–Crippen LogP) is 2.34. The molecule has 0 radical (unpaired) electrons. The Morgan fingerprint density at radius 3 is 2.61 bits per heavy atom. The molecular weight excluding hydrogens is 231 g/mol. The fraction of sp³-hybridized carbons (Fsp3) is 0.500. The second kappa shape index (κ2) is 6.50. The molecule has 0 saturated heterocycles. The van der Waals surface area contributed by atoms with Crippen LogP contribution in [0.1, 0.15) is 31.9 Å². The Balaban J connectivity index is 2.76. The van der Waals surface area contributed by atoms with Crippen LogP contribution in [0.2, 0.25) is 0 Å². The molecule has 2 atom stereocenters. The maximum absolute atomic E-state index is 13.2. The molecule has 2 unspecified atom stereocenters. The first-order chi connectivity index (χ1) is 8.45. The summed E-state index contributed by atoms with van der Waals surface area (Å²) >= 11 is 0. The molecule has 0 fully saturated rings. The molecule has 0 spiro atoms. The molecule has 0 aliphatic heterocycles. The van der Waals surface area contributed by atoms with Crippen LogP contribution in [0, 0.1) is 5.82 Å². The van der Waals surface area contributed by atoms with E-state index in [-0.39, 0.29) is 23.8 Å². The van der Waals surface area contributed by atoms with Crippen LogP contribution in [0.5, 0.6) is 0 Å². The van der Waals surface area contributed by atoms with Gasteiger partial charge in [-0.3, -0.25) is 10.1 Å². The number of nitrogens with zero attached hydrogens (tertiary/aromatic N) is 1. The first kappa shape index (κ1) is 14.6. The van der Waals surface area contributed by atoms with Gasteiger partial charge in [0.25, 0.3) is 0 Å². The van der Waals surface area contributed by atoms with E-state index in [9.17, 15) is 9.18 Å². The van der Waals surface area contributed by atoms with Crippen molar-refractivity contribution in [2.75, 3.05) is 14.1 Å². The monoisotopic (exact) mass is 252 g/mol. The molecule has 18 heavy (non-hydrogen) atoms. The molecule has 1 rings (SSSR count). The number of carbonyl (C=O) groups is 1. The van der Waals surface area contributed by atoms with E-state index < -0.39 is 0 Å². The number of amides is 1. The summed E-state index contributed by atoms with van der Waals surface area (Å²) in [6, 6.07) is 6.19. The van der Waals surface area contributed by atoms with Crippen molar-refractivity contribution in [1.29, 1.82) is 0 Å². The van der Waals surface area contributed by atoms with Gasteiger partial charge in [-0.1, -0.05) is 19.1 Å². The predicted molar refractivity (Wildman–Crippen MR) is 70.7 cm³/mol. The Morgan fingerprint density at radius 2 is 2.11 bits per heavy atom. The molecule has 0 aliphatic rings. The van der Waals surface area contributed by atoms with Gasteiger partial charge in [0.05, 0.1) is 6.04 Å². The van der Waals surface area contributed by atoms with Gasteiger partial charge in [0.15, 0.2) is 0 Å². The van der Waals surface area contributed by atoms with Gasteiger partial charge >= 0.3 is 0 Å². The first-order valence-electron chi connectivity index (χ1n) is 6.18. The Morgan fingerprint density at radius 1 is 1.44 bits per heavy atom. The molecule has 0 bridgehead atoms. The van der Waals surface area contributed by atoms with E-state index in [1.165, 1.54) is 12.1 Å². The summed E-state index contributed by atoms with van der Waals surface area (Å²) in [5, 5.41) is 3.23. The average Bonchev–Trinajstić information content (AvgIpc) is 2.34. The zero-order valence-electron chi connectivity index (χ0n) is 11.4. The van der Waals surface area contributed by atoms with Crippen molar-refractivity contribution in [3.63, 3.8) is 0 Å². The number of halogens is 1. The largest absolute Gasteiger partial charge is 0.347 e. The lowest BCUT2D eigenvalue weighted by Crippen LogP contribution is -2.43. The zero-order chi connectivity index (χ0) is 13.7. The van der Waals surface area contributed by atoms with E-state index in [2.05, 4.69) is 5.32 Å². The van der Waals surface area contributed by atoms with Crippen molar-refractivity contribution in [2.45, 2.75) is 32.4 Å². The molecule has 100 valence electrons. The highest BCUT2D eigenvalue weighted by Crippen LogP contribution is 2.18. The number of hydrogen-bond donors (Lipinski definition) is 1. The number of hydrogen-bond acceptors (Lipinski definition) is 2. The van der Waals surface area contributed by atoms with Gasteiger partial charge in [-0.05, 0) is 31.0 Å². The van der Waals surface area contributed by atoms with E-state index in [0.717, 1.165) is 12.0 Å². The molecule has 4 heteroatoms. The van der Waals surface area contributed by atoms with Crippen LogP contribution < -0.4 is 5.32 Å². The quantitative estimate of drug-likeness (QED) is 0.872. The number of benzene rings is 1. The van der Waals surface area contributed by atoms with Crippen molar-refractivity contribution >= 4 is 5.91 Å². The van der Waals surface area contributed by atoms with Crippen molar-refractivity contribution in [3.8, 4) is 0 Å². The third-order valence-electron chi connectivity index (χ3n) is 2.92. The Kier molecular flexibility index (Phi) is 5.28. The van der Waals surface area contributed by atoms with Crippen LogP contribution in [-0.2, 0) is 4.79 Å². The highest BCUT2D eigenvalue weighted by Gasteiger charge is 2.19. The summed E-state index contributed by atoms with van der Waals surface area (Å²) in [5.41, 5.74) is 0.871. The number of likely N-dealkylation sites (N-methyl/N-ethyl adjacent to an activating group) is 1. The Bertz CT molecular complexity index is 407. The van der Waals surface area contributed by atoms with Crippen LogP contribution in [0.3, 0.4) is 0 Å². The lowest BCUT2D eigenvalue weighted by atomic mass is 10.0. The van der Waals surface area contributed by atoms with E-state index in [1.807, 2.05) is 19.9 Å². The molecule has 3 nitrogen and oxygen atoms in total. The SMILES string of the molecule is CCC(NC(C)C(=O)N(C)C)c1cccc(F)c1. The van der Waals surface area contributed by atoms with Crippen molar-refractivity contribution in [3.05, 3.63) is 35.6 Å². The lowest BCUT2D eigenvalue weighted by Gasteiger charge is -2.24. The summed E-state index contributed by atoms with van der Waals surface area (Å²) in [7, 11) is 3.45. The normalized spacial score (nSPS) is 14.1. The lowest BCUT2D eigenvalue weighted by molar-refractivity contribution is -0.130. The molecule has 1 aromatic rings. The Labute approximate surface area is 108 Å². The van der Waals surface area contributed by atoms with Crippen molar-refractivity contribution in [1.82, 2.24) is 10.2 Å². The van der Waals surface area contributed by atoms with Crippen LogP contribution in [0.25, 0.3) is 0 Å². The standard InChI is InChI=1S/C14H21FN2O/c1-5-13(11-7-6-8-12(15)9-11)16-10(2)14(18)17(3)4/h6-10,13,16H,5H2,1-4H3. The van der Waals surface area contributed by atoms with Crippen LogP contribution in [0.15, 0.2) is 24.3 Å². The highest BCUT2D eigenvalue weighted by atomic mass is 19.1. The summed E-state index contributed by atoms with van der Waals surface area (Å²) in [6.45, 7) is 3.83. The molecule has 1 N–H and O–H groups in total. The second-order valence-corrected chi connectivity index (χ2v) is 4.64. The maximum Gasteiger partial charge on any atom is 0.238 e. The molecular formula is C14H21FN2O. The Hall–Kier alpha value is -1.42. The number of nitrogens with one attached hydrogen (secondary N) is 1. The third kappa shape index (κ3) is 3.81. The fourth-order valence-electron chi connectivity index (χ4n) is 1.93. The van der Waals surface area contributed by atoms with Crippen LogP contribution in [-0.4, -0.2) is 30.9 Å². The highest BCUT2D eigenvalue weighted by molar-refractivity contribution is 5.80. The van der Waals surface area contributed by atoms with E-state index in [0.29, 0.717) is 0 Å². The van der Waals surface area contributed by atoms with E-state index in [4.69, 9.17) is 0 Å². The van der Waals surface area contributed by atoms with Crippen molar-refractivity contribution < 1.29 is 9.18 Å². The molecule has 0 aromatic heterocycles. The third-order valence-corrected chi connectivity index (χ3v) is 2.92. The van der Waals surface area contributed by atoms with Gasteiger partial charge in [-0.25, -0.2) is 4.39 Å². The number of carbonyl (C=O) groups excluding carboxylic acids is 1. The van der Waals surface area contributed by atoms with Gasteiger partial charge in [-0.2, -0.15) is 0 Å². The molecule has 0 saturated carbocycles. The summed E-state index contributed by atoms with van der Waals surface area (Å²) in [6.07, 6.45) is 0.800. The van der Waals surface area contributed by atoms with Crippen LogP contribution >= 0.6 is 0 Å². The second-order valence-electron chi connectivity index (χ2n) is 4.64.